The summed E-state index contributed by atoms with van der Waals surface area (Å²) in [5, 5.41) is 0. The summed E-state index contributed by atoms with van der Waals surface area (Å²) in [5.41, 5.74) is 0. The first-order chi connectivity index (χ1) is 9.82. The Kier molecular flexibility index (Phi) is 4.88. The number of amides is 1. The van der Waals surface area contributed by atoms with Crippen LogP contribution < -0.4 is 0 Å². The molecule has 2 aliphatic heterocycles. The first-order valence-corrected chi connectivity index (χ1v) is 8.99. The van der Waals surface area contributed by atoms with E-state index in [-0.39, 0.29) is 30.3 Å². The molecule has 2 atom stereocenters. The van der Waals surface area contributed by atoms with Gasteiger partial charge >= 0.3 is 5.97 Å². The molecular formula is C13H22N2O5S. The average Bonchev–Trinajstić information content (AvgIpc) is 2.94. The number of sulfonamides is 1. The molecule has 21 heavy (non-hydrogen) atoms. The number of rotatable bonds is 3. The average molecular weight is 318 g/mol. The van der Waals surface area contributed by atoms with Gasteiger partial charge in [-0.15, -0.1) is 0 Å². The summed E-state index contributed by atoms with van der Waals surface area (Å²) in [6, 6.07) is 0. The summed E-state index contributed by atoms with van der Waals surface area (Å²) in [5.74, 6) is -0.889. The Hall–Kier alpha value is -1.15. The standard InChI is InChI=1S/C13H22N2O5S/c1-20-13(17)11-5-7-14(8-11)12(16)10-4-3-6-15(9-10)21(2,18)19/h10-11H,3-9H2,1-2H3. The highest BCUT2D eigenvalue weighted by molar-refractivity contribution is 7.88. The van der Waals surface area contributed by atoms with Crippen molar-refractivity contribution in [3.8, 4) is 0 Å². The van der Waals surface area contributed by atoms with Crippen molar-refractivity contribution in [1.29, 1.82) is 0 Å². The van der Waals surface area contributed by atoms with Crippen molar-refractivity contribution in [1.82, 2.24) is 9.21 Å². The Balaban J connectivity index is 1.96. The molecule has 0 spiro atoms. The number of piperidine rings is 1. The summed E-state index contributed by atoms with van der Waals surface area (Å²) in [6.45, 7) is 1.64. The molecule has 2 rings (SSSR count). The Morgan fingerprint density at radius 1 is 1.10 bits per heavy atom. The van der Waals surface area contributed by atoms with Crippen LogP contribution in [-0.2, 0) is 24.3 Å². The van der Waals surface area contributed by atoms with Crippen LogP contribution in [0.1, 0.15) is 19.3 Å². The van der Waals surface area contributed by atoms with Gasteiger partial charge < -0.3 is 9.64 Å². The molecule has 7 nitrogen and oxygen atoms in total. The van der Waals surface area contributed by atoms with Crippen LogP contribution in [0.3, 0.4) is 0 Å². The minimum atomic E-state index is -3.26. The molecule has 0 aliphatic carbocycles. The van der Waals surface area contributed by atoms with E-state index in [9.17, 15) is 18.0 Å². The van der Waals surface area contributed by atoms with E-state index in [2.05, 4.69) is 0 Å². The van der Waals surface area contributed by atoms with Gasteiger partial charge in [0.2, 0.25) is 15.9 Å². The number of carbonyl (C=O) groups is 2. The highest BCUT2D eigenvalue weighted by atomic mass is 32.2. The minimum Gasteiger partial charge on any atom is -0.469 e. The van der Waals surface area contributed by atoms with Gasteiger partial charge in [0.15, 0.2) is 0 Å². The summed E-state index contributed by atoms with van der Waals surface area (Å²) in [6.07, 6.45) is 3.17. The maximum atomic E-state index is 12.5. The second-order valence-electron chi connectivity index (χ2n) is 5.75. The van der Waals surface area contributed by atoms with Crippen LogP contribution in [0.4, 0.5) is 0 Å². The van der Waals surface area contributed by atoms with Crippen LogP contribution in [0.15, 0.2) is 0 Å². The third-order valence-electron chi connectivity index (χ3n) is 4.24. The number of carbonyl (C=O) groups excluding carboxylic acids is 2. The van der Waals surface area contributed by atoms with E-state index in [4.69, 9.17) is 4.74 Å². The van der Waals surface area contributed by atoms with Gasteiger partial charge in [-0.2, -0.15) is 0 Å². The minimum absolute atomic E-state index is 0.0465. The molecule has 2 heterocycles. The molecule has 120 valence electrons. The van der Waals surface area contributed by atoms with Gasteiger partial charge in [-0.3, -0.25) is 9.59 Å². The van der Waals surface area contributed by atoms with Crippen LogP contribution in [0.2, 0.25) is 0 Å². The first-order valence-electron chi connectivity index (χ1n) is 7.14. The smallest absolute Gasteiger partial charge is 0.310 e. The molecule has 1 amide bonds. The van der Waals surface area contributed by atoms with Crippen LogP contribution >= 0.6 is 0 Å². The molecule has 0 aromatic heterocycles. The van der Waals surface area contributed by atoms with Crippen LogP contribution in [0, 0.1) is 11.8 Å². The monoisotopic (exact) mass is 318 g/mol. The summed E-state index contributed by atoms with van der Waals surface area (Å²) in [7, 11) is -1.91. The lowest BCUT2D eigenvalue weighted by atomic mass is 9.98. The SMILES string of the molecule is COC(=O)C1CCN(C(=O)C2CCCN(S(C)(=O)=O)C2)C1. The van der Waals surface area contributed by atoms with Crippen LogP contribution in [0.5, 0.6) is 0 Å². The van der Waals surface area contributed by atoms with E-state index in [1.165, 1.54) is 17.7 Å². The van der Waals surface area contributed by atoms with E-state index in [1.54, 1.807) is 4.90 Å². The fourth-order valence-electron chi connectivity index (χ4n) is 3.02. The highest BCUT2D eigenvalue weighted by Gasteiger charge is 2.37. The van der Waals surface area contributed by atoms with E-state index in [0.717, 1.165) is 0 Å². The van der Waals surface area contributed by atoms with Gasteiger partial charge in [0, 0.05) is 26.2 Å². The molecular weight excluding hydrogens is 296 g/mol. The fraction of sp³-hybridized carbons (Fsp3) is 0.846. The molecule has 2 fully saturated rings. The highest BCUT2D eigenvalue weighted by Crippen LogP contribution is 2.25. The molecule has 0 aromatic rings. The van der Waals surface area contributed by atoms with Gasteiger partial charge in [0.25, 0.3) is 0 Å². The zero-order valence-corrected chi connectivity index (χ0v) is 13.3. The first kappa shape index (κ1) is 16.2. The molecule has 2 saturated heterocycles. The molecule has 0 saturated carbocycles. The van der Waals surface area contributed by atoms with Crippen molar-refractivity contribution in [3.63, 3.8) is 0 Å². The molecule has 0 bridgehead atoms. The van der Waals surface area contributed by atoms with Crippen molar-refractivity contribution < 1.29 is 22.7 Å². The van der Waals surface area contributed by atoms with Gasteiger partial charge in [-0.25, -0.2) is 12.7 Å². The van der Waals surface area contributed by atoms with Gasteiger partial charge in [-0.1, -0.05) is 0 Å². The molecule has 0 radical (unpaired) electrons. The van der Waals surface area contributed by atoms with Crippen LogP contribution in [0.25, 0.3) is 0 Å². The summed E-state index contributed by atoms with van der Waals surface area (Å²) in [4.78, 5) is 25.6. The Labute approximate surface area is 125 Å². The van der Waals surface area contributed by atoms with E-state index in [1.807, 2.05) is 0 Å². The number of methoxy groups -OCH3 is 1. The molecule has 8 heteroatoms. The van der Waals surface area contributed by atoms with E-state index < -0.39 is 10.0 Å². The van der Waals surface area contributed by atoms with Crippen LogP contribution in [-0.4, -0.2) is 69.0 Å². The van der Waals surface area contributed by atoms with Crippen molar-refractivity contribution in [3.05, 3.63) is 0 Å². The normalized spacial score (nSPS) is 27.6. The number of esters is 1. The van der Waals surface area contributed by atoms with E-state index >= 15 is 0 Å². The lowest BCUT2D eigenvalue weighted by molar-refractivity contribution is -0.145. The number of hydrogen-bond donors (Lipinski definition) is 0. The zero-order valence-electron chi connectivity index (χ0n) is 12.4. The second-order valence-corrected chi connectivity index (χ2v) is 7.74. The Morgan fingerprint density at radius 2 is 1.81 bits per heavy atom. The van der Waals surface area contributed by atoms with Gasteiger partial charge in [0.05, 0.1) is 25.2 Å². The third kappa shape index (κ3) is 3.74. The van der Waals surface area contributed by atoms with Crippen molar-refractivity contribution in [2.45, 2.75) is 19.3 Å². The lowest BCUT2D eigenvalue weighted by Gasteiger charge is -2.32. The van der Waals surface area contributed by atoms with Crippen molar-refractivity contribution >= 4 is 21.9 Å². The molecule has 2 unspecified atom stereocenters. The maximum absolute atomic E-state index is 12.5. The maximum Gasteiger partial charge on any atom is 0.310 e. The topological polar surface area (TPSA) is 84.0 Å². The second kappa shape index (κ2) is 6.31. The number of likely N-dealkylation sites (tertiary alicyclic amines) is 1. The zero-order chi connectivity index (χ0) is 15.6. The van der Waals surface area contributed by atoms with E-state index in [0.29, 0.717) is 38.9 Å². The Morgan fingerprint density at radius 3 is 2.43 bits per heavy atom. The van der Waals surface area contributed by atoms with Crippen molar-refractivity contribution in [2.24, 2.45) is 11.8 Å². The Bertz CT molecular complexity index is 519. The summed E-state index contributed by atoms with van der Waals surface area (Å²) >= 11 is 0. The number of nitrogens with zero attached hydrogens (tertiary/aromatic N) is 2. The summed E-state index contributed by atoms with van der Waals surface area (Å²) < 4.78 is 29.3. The fourth-order valence-corrected chi connectivity index (χ4v) is 3.93. The largest absolute Gasteiger partial charge is 0.469 e. The number of hydrogen-bond acceptors (Lipinski definition) is 5. The predicted octanol–water partition coefficient (Wildman–Crippen LogP) is -0.320. The van der Waals surface area contributed by atoms with Gasteiger partial charge in [0.1, 0.15) is 0 Å². The molecule has 0 N–H and O–H groups in total. The lowest BCUT2D eigenvalue weighted by Crippen LogP contribution is -2.46. The molecule has 2 aliphatic rings. The molecule has 0 aromatic carbocycles. The van der Waals surface area contributed by atoms with Gasteiger partial charge in [-0.05, 0) is 19.3 Å². The van der Waals surface area contributed by atoms with Crippen molar-refractivity contribution in [2.75, 3.05) is 39.5 Å². The quantitative estimate of drug-likeness (QED) is 0.666. The predicted molar refractivity (Wildman–Crippen MR) is 75.8 cm³/mol. The number of ether oxygens (including phenoxy) is 1. The third-order valence-corrected chi connectivity index (χ3v) is 5.51.